The van der Waals surface area contributed by atoms with Crippen LogP contribution in [0.2, 0.25) is 5.02 Å². The van der Waals surface area contributed by atoms with Crippen LogP contribution in [0.15, 0.2) is 24.3 Å². The van der Waals surface area contributed by atoms with Crippen molar-refractivity contribution in [3.05, 3.63) is 29.3 Å². The van der Waals surface area contributed by atoms with Gasteiger partial charge < -0.3 is 10.1 Å². The van der Waals surface area contributed by atoms with Gasteiger partial charge in [0.1, 0.15) is 11.3 Å². The molecule has 4 amide bonds. The lowest BCUT2D eigenvalue weighted by atomic mass is 9.82. The highest BCUT2D eigenvalue weighted by molar-refractivity contribution is 6.30. The molecule has 1 aromatic carbocycles. The number of carbonyl (C=O) groups excluding carboxylic acids is 3. The third-order valence-electron chi connectivity index (χ3n) is 4.57. The second-order valence-electron chi connectivity index (χ2n) is 6.41. The van der Waals surface area contributed by atoms with Crippen molar-refractivity contribution in [3.8, 4) is 5.75 Å². The first kappa shape index (κ1) is 17.5. The van der Waals surface area contributed by atoms with E-state index in [1.165, 1.54) is 6.92 Å². The van der Waals surface area contributed by atoms with E-state index in [9.17, 15) is 14.4 Å². The van der Waals surface area contributed by atoms with Crippen LogP contribution in [0, 0.1) is 0 Å². The molecule has 8 heteroatoms. The van der Waals surface area contributed by atoms with Crippen LogP contribution in [0.4, 0.5) is 4.79 Å². The van der Waals surface area contributed by atoms with Crippen LogP contribution in [0.25, 0.3) is 0 Å². The second kappa shape index (κ2) is 6.92. The highest BCUT2D eigenvalue weighted by Crippen LogP contribution is 2.33. The van der Waals surface area contributed by atoms with Gasteiger partial charge in [0.05, 0.1) is 0 Å². The Kier molecular flexibility index (Phi) is 4.85. The molecule has 0 bridgehead atoms. The number of ether oxygens (including phenoxy) is 1. The lowest BCUT2D eigenvalue weighted by Crippen LogP contribution is -2.53. The minimum Gasteiger partial charge on any atom is -0.481 e. The van der Waals surface area contributed by atoms with Gasteiger partial charge >= 0.3 is 6.03 Å². The third kappa shape index (κ3) is 3.56. The maximum Gasteiger partial charge on any atom is 0.344 e. The van der Waals surface area contributed by atoms with Gasteiger partial charge in [-0.15, -0.1) is 0 Å². The van der Waals surface area contributed by atoms with Gasteiger partial charge in [0, 0.05) is 5.02 Å². The number of hydrazine groups is 1. The molecule has 2 N–H and O–H groups in total. The van der Waals surface area contributed by atoms with E-state index in [1.54, 1.807) is 24.3 Å². The molecule has 1 aliphatic carbocycles. The predicted octanol–water partition coefficient (Wildman–Crippen LogP) is 2.39. The molecule has 2 aliphatic rings. The van der Waals surface area contributed by atoms with Gasteiger partial charge in [-0.05, 0) is 38.0 Å². The molecule has 1 saturated heterocycles. The van der Waals surface area contributed by atoms with Gasteiger partial charge in [0.15, 0.2) is 6.10 Å². The molecule has 0 aromatic heterocycles. The fourth-order valence-corrected chi connectivity index (χ4v) is 3.40. The average Bonchev–Trinajstić information content (AvgIpc) is 2.79. The Hall–Kier alpha value is -2.28. The molecule has 0 radical (unpaired) electrons. The van der Waals surface area contributed by atoms with Gasteiger partial charge in [-0.3, -0.25) is 15.0 Å². The normalized spacial score (nSPS) is 20.3. The molecule has 0 unspecified atom stereocenters. The van der Waals surface area contributed by atoms with Crippen molar-refractivity contribution >= 4 is 29.4 Å². The van der Waals surface area contributed by atoms with E-state index in [0.717, 1.165) is 24.3 Å². The Bertz CT molecular complexity index is 703. The van der Waals surface area contributed by atoms with Gasteiger partial charge in [-0.1, -0.05) is 36.9 Å². The molecular weight excluding hydrogens is 346 g/mol. The number of nitrogens with zero attached hydrogens (tertiary/aromatic N) is 1. The average molecular weight is 366 g/mol. The van der Waals surface area contributed by atoms with E-state index >= 15 is 0 Å². The van der Waals surface area contributed by atoms with Crippen molar-refractivity contribution in [1.29, 1.82) is 0 Å². The zero-order valence-corrected chi connectivity index (χ0v) is 14.6. The summed E-state index contributed by atoms with van der Waals surface area (Å²) < 4.78 is 5.51. The van der Waals surface area contributed by atoms with E-state index in [-0.39, 0.29) is 0 Å². The number of urea groups is 1. The monoisotopic (exact) mass is 365 g/mol. The highest BCUT2D eigenvalue weighted by atomic mass is 35.5. The predicted molar refractivity (Wildman–Crippen MR) is 90.9 cm³/mol. The minimum absolute atomic E-state index is 0.402. The molecule has 1 aliphatic heterocycles. The number of nitrogens with one attached hydrogen (secondary N) is 2. The van der Waals surface area contributed by atoms with Crippen LogP contribution < -0.4 is 15.5 Å². The quantitative estimate of drug-likeness (QED) is 0.802. The van der Waals surface area contributed by atoms with Gasteiger partial charge in [-0.25, -0.2) is 4.79 Å². The molecule has 1 atom stereocenters. The lowest BCUT2D eigenvalue weighted by Gasteiger charge is -2.30. The van der Waals surface area contributed by atoms with Crippen LogP contribution in [-0.2, 0) is 9.59 Å². The van der Waals surface area contributed by atoms with Crippen LogP contribution in [0.3, 0.4) is 0 Å². The van der Waals surface area contributed by atoms with Gasteiger partial charge in [-0.2, -0.15) is 5.01 Å². The van der Waals surface area contributed by atoms with E-state index in [4.69, 9.17) is 16.3 Å². The molecule has 1 heterocycles. The van der Waals surface area contributed by atoms with Gasteiger partial charge in [0.2, 0.25) is 0 Å². The summed E-state index contributed by atoms with van der Waals surface area (Å²) in [6, 6.07) is 6.04. The number of benzene rings is 1. The van der Waals surface area contributed by atoms with E-state index in [1.807, 2.05) is 0 Å². The maximum atomic E-state index is 12.6. The summed E-state index contributed by atoms with van der Waals surface area (Å²) >= 11 is 5.88. The maximum absolute atomic E-state index is 12.6. The summed E-state index contributed by atoms with van der Waals surface area (Å²) in [5, 5.41) is 3.99. The first-order valence-corrected chi connectivity index (χ1v) is 8.68. The number of halogens is 1. The van der Waals surface area contributed by atoms with Crippen LogP contribution in [0.1, 0.15) is 39.0 Å². The molecule has 2 fully saturated rings. The topological polar surface area (TPSA) is 87.7 Å². The van der Waals surface area contributed by atoms with Crippen molar-refractivity contribution in [2.75, 3.05) is 0 Å². The zero-order valence-electron chi connectivity index (χ0n) is 13.9. The number of imide groups is 1. The molecule has 1 aromatic rings. The van der Waals surface area contributed by atoms with Crippen molar-refractivity contribution in [2.45, 2.75) is 50.7 Å². The first-order valence-electron chi connectivity index (χ1n) is 8.31. The smallest absolute Gasteiger partial charge is 0.344 e. The largest absolute Gasteiger partial charge is 0.481 e. The van der Waals surface area contributed by atoms with Crippen LogP contribution in [0.5, 0.6) is 5.75 Å². The van der Waals surface area contributed by atoms with E-state index in [0.29, 0.717) is 23.6 Å². The lowest BCUT2D eigenvalue weighted by molar-refractivity contribution is -0.142. The van der Waals surface area contributed by atoms with Crippen molar-refractivity contribution < 1.29 is 19.1 Å². The SMILES string of the molecule is C[C@@H](Oc1cccc(Cl)c1)C(=O)NN1C(=O)NC2(CCCCC2)C1=O. The standard InChI is InChI=1S/C17H20ClN3O4/c1-11(25-13-7-5-6-12(18)10-13)14(22)20-21-15(23)17(19-16(21)24)8-3-2-4-9-17/h5-7,10-11H,2-4,8-9H2,1H3,(H,19,24)(H,20,22)/t11-/m1/s1. The molecule has 7 nitrogen and oxygen atoms in total. The van der Waals surface area contributed by atoms with Crippen LogP contribution >= 0.6 is 11.6 Å². The summed E-state index contributed by atoms with van der Waals surface area (Å²) in [4.78, 5) is 37.1. The summed E-state index contributed by atoms with van der Waals surface area (Å²) in [5.74, 6) is -0.562. The van der Waals surface area contributed by atoms with Gasteiger partial charge in [0.25, 0.3) is 11.8 Å². The molecule has 1 saturated carbocycles. The summed E-state index contributed by atoms with van der Waals surface area (Å²) in [7, 11) is 0. The van der Waals surface area contributed by atoms with E-state index in [2.05, 4.69) is 10.7 Å². The molecule has 1 spiro atoms. The Balaban J connectivity index is 1.64. The molecule has 134 valence electrons. The Morgan fingerprint density at radius 2 is 2.04 bits per heavy atom. The highest BCUT2D eigenvalue weighted by Gasteiger charge is 2.52. The molecule has 25 heavy (non-hydrogen) atoms. The number of hydrogen-bond acceptors (Lipinski definition) is 4. The molecular formula is C17H20ClN3O4. The first-order chi connectivity index (χ1) is 11.9. The third-order valence-corrected chi connectivity index (χ3v) is 4.80. The van der Waals surface area contributed by atoms with Crippen molar-refractivity contribution in [1.82, 2.24) is 15.8 Å². The molecule has 3 rings (SSSR count). The summed E-state index contributed by atoms with van der Waals surface area (Å²) in [6.45, 7) is 1.53. The van der Waals surface area contributed by atoms with Crippen molar-refractivity contribution in [2.24, 2.45) is 0 Å². The van der Waals surface area contributed by atoms with Crippen LogP contribution in [-0.4, -0.2) is 34.5 Å². The number of amides is 4. The Morgan fingerprint density at radius 1 is 1.32 bits per heavy atom. The second-order valence-corrected chi connectivity index (χ2v) is 6.84. The Morgan fingerprint density at radius 3 is 2.72 bits per heavy atom. The fraction of sp³-hybridized carbons (Fsp3) is 0.471. The number of carbonyl (C=O) groups is 3. The summed E-state index contributed by atoms with van der Waals surface area (Å²) in [5.41, 5.74) is 1.48. The van der Waals surface area contributed by atoms with Crippen molar-refractivity contribution in [3.63, 3.8) is 0 Å². The minimum atomic E-state index is -0.901. The summed E-state index contributed by atoms with van der Waals surface area (Å²) in [6.07, 6.45) is 3.09. The number of rotatable bonds is 4. The zero-order chi connectivity index (χ0) is 18.0. The Labute approximate surface area is 150 Å². The fourth-order valence-electron chi connectivity index (χ4n) is 3.22. The number of hydrogen-bond donors (Lipinski definition) is 2. The van der Waals surface area contributed by atoms with E-state index < -0.39 is 29.5 Å².